The van der Waals surface area contributed by atoms with E-state index in [9.17, 15) is 9.59 Å². The highest BCUT2D eigenvalue weighted by molar-refractivity contribution is 7.99. The Morgan fingerprint density at radius 3 is 2.95 bits per heavy atom. The van der Waals surface area contributed by atoms with Crippen molar-refractivity contribution < 1.29 is 14.7 Å². The fourth-order valence-electron chi connectivity index (χ4n) is 2.28. The number of carboxylic acids is 1. The van der Waals surface area contributed by atoms with Crippen molar-refractivity contribution in [3.63, 3.8) is 0 Å². The number of nitrogens with zero attached hydrogens (tertiary/aromatic N) is 2. The molecule has 110 valence electrons. The largest absolute Gasteiger partial charge is 0.480 e. The average molecular weight is 322 g/mol. The molecule has 1 aliphatic rings. The lowest BCUT2D eigenvalue weighted by Crippen LogP contribution is -2.41. The van der Waals surface area contributed by atoms with Crippen LogP contribution in [0.25, 0.3) is 10.2 Å². The van der Waals surface area contributed by atoms with Crippen molar-refractivity contribution in [1.82, 2.24) is 9.88 Å². The van der Waals surface area contributed by atoms with Crippen LogP contribution in [0.2, 0.25) is 0 Å². The van der Waals surface area contributed by atoms with Gasteiger partial charge in [-0.3, -0.25) is 4.79 Å². The highest BCUT2D eigenvalue weighted by Gasteiger charge is 2.34. The van der Waals surface area contributed by atoms with Crippen LogP contribution < -0.4 is 0 Å². The van der Waals surface area contributed by atoms with Crippen LogP contribution in [0.4, 0.5) is 0 Å². The number of hydrogen-bond acceptors (Lipinski definition) is 5. The van der Waals surface area contributed by atoms with Crippen molar-refractivity contribution in [3.8, 4) is 0 Å². The van der Waals surface area contributed by atoms with Crippen LogP contribution in [0.15, 0.2) is 24.3 Å². The van der Waals surface area contributed by atoms with Gasteiger partial charge in [-0.15, -0.1) is 23.1 Å². The summed E-state index contributed by atoms with van der Waals surface area (Å²) in [5.74, 6) is -0.0855. The summed E-state index contributed by atoms with van der Waals surface area (Å²) >= 11 is 3.07. The number of aromatic nitrogens is 1. The molecule has 0 radical (unpaired) electrons. The van der Waals surface area contributed by atoms with E-state index in [1.165, 1.54) is 16.7 Å². The molecule has 0 aliphatic carbocycles. The minimum absolute atomic E-state index is 0.105. The third-order valence-corrected chi connectivity index (χ3v) is 5.49. The number of benzene rings is 1. The maximum absolute atomic E-state index is 12.2. The molecule has 1 atom stereocenters. The monoisotopic (exact) mass is 322 g/mol. The molecule has 3 rings (SSSR count). The van der Waals surface area contributed by atoms with Crippen LogP contribution in [0.1, 0.15) is 11.4 Å². The molecule has 2 aromatic rings. The number of hydrogen-bond donors (Lipinski definition) is 1. The summed E-state index contributed by atoms with van der Waals surface area (Å²) in [6.07, 6.45) is 0.871. The number of aryl methyl sites for hydroxylation is 1. The molecule has 1 aliphatic heterocycles. The minimum atomic E-state index is -0.923. The Labute approximate surface area is 130 Å². The van der Waals surface area contributed by atoms with E-state index in [-0.39, 0.29) is 5.91 Å². The third kappa shape index (κ3) is 3.03. The van der Waals surface area contributed by atoms with Gasteiger partial charge >= 0.3 is 5.97 Å². The maximum atomic E-state index is 12.2. The molecule has 5 nitrogen and oxygen atoms in total. The number of para-hydroxylation sites is 1. The number of fused-ring (bicyclic) bond motifs is 1. The fraction of sp³-hybridized carbons (Fsp3) is 0.357. The normalized spacial score (nSPS) is 18.3. The Morgan fingerprint density at radius 1 is 1.38 bits per heavy atom. The first-order chi connectivity index (χ1) is 10.1. The first kappa shape index (κ1) is 14.3. The molecule has 1 N–H and O–H groups in total. The summed E-state index contributed by atoms with van der Waals surface area (Å²) < 4.78 is 1.11. The van der Waals surface area contributed by atoms with Crippen LogP contribution in [-0.4, -0.2) is 44.5 Å². The molecule has 1 amide bonds. The maximum Gasteiger partial charge on any atom is 0.327 e. The molecule has 2 heterocycles. The first-order valence-electron chi connectivity index (χ1n) is 6.59. The van der Waals surface area contributed by atoms with Gasteiger partial charge < -0.3 is 10.0 Å². The summed E-state index contributed by atoms with van der Waals surface area (Å²) in [6, 6.07) is 7.19. The number of carboxylic acid groups (broad SMARTS) is 1. The van der Waals surface area contributed by atoms with Crippen molar-refractivity contribution in [2.75, 3.05) is 11.6 Å². The highest BCUT2D eigenvalue weighted by atomic mass is 32.2. The van der Waals surface area contributed by atoms with Crippen LogP contribution in [0.3, 0.4) is 0 Å². The molecule has 21 heavy (non-hydrogen) atoms. The summed E-state index contributed by atoms with van der Waals surface area (Å²) in [4.78, 5) is 29.2. The highest BCUT2D eigenvalue weighted by Crippen LogP contribution is 2.25. The Hall–Kier alpha value is -1.60. The Bertz CT molecular complexity index is 653. The molecule has 0 bridgehead atoms. The van der Waals surface area contributed by atoms with Gasteiger partial charge in [-0.05, 0) is 12.1 Å². The van der Waals surface area contributed by atoms with Crippen LogP contribution in [0.5, 0.6) is 0 Å². The minimum Gasteiger partial charge on any atom is -0.480 e. The summed E-state index contributed by atoms with van der Waals surface area (Å²) in [7, 11) is 0. The van der Waals surface area contributed by atoms with Crippen molar-refractivity contribution in [2.24, 2.45) is 0 Å². The molecular formula is C14H14N2O3S2. The van der Waals surface area contributed by atoms with Crippen molar-refractivity contribution >= 4 is 45.2 Å². The van der Waals surface area contributed by atoms with E-state index in [1.807, 2.05) is 24.3 Å². The van der Waals surface area contributed by atoms with E-state index in [1.54, 1.807) is 11.3 Å². The van der Waals surface area contributed by atoms with Gasteiger partial charge in [-0.25, -0.2) is 9.78 Å². The quantitative estimate of drug-likeness (QED) is 0.934. The fourth-order valence-corrected chi connectivity index (χ4v) is 4.42. The van der Waals surface area contributed by atoms with Crippen LogP contribution in [0, 0.1) is 0 Å². The summed E-state index contributed by atoms with van der Waals surface area (Å²) in [6.45, 7) is 0. The smallest absolute Gasteiger partial charge is 0.327 e. The molecule has 7 heteroatoms. The molecule has 1 aromatic carbocycles. The Balaban J connectivity index is 1.64. The van der Waals surface area contributed by atoms with E-state index in [4.69, 9.17) is 5.11 Å². The summed E-state index contributed by atoms with van der Waals surface area (Å²) in [5, 5.41) is 10.0. The topological polar surface area (TPSA) is 70.5 Å². The van der Waals surface area contributed by atoms with E-state index in [0.717, 1.165) is 15.2 Å². The lowest BCUT2D eigenvalue weighted by Gasteiger charge is -2.20. The Morgan fingerprint density at radius 2 is 2.19 bits per heavy atom. The van der Waals surface area contributed by atoms with Crippen molar-refractivity contribution in [3.05, 3.63) is 29.3 Å². The van der Waals surface area contributed by atoms with E-state index < -0.39 is 12.0 Å². The van der Waals surface area contributed by atoms with Crippen molar-refractivity contribution in [2.45, 2.75) is 18.9 Å². The van der Waals surface area contributed by atoms with E-state index >= 15 is 0 Å². The predicted molar refractivity (Wildman–Crippen MR) is 83.5 cm³/mol. The van der Waals surface area contributed by atoms with Gasteiger partial charge in [0.1, 0.15) is 6.04 Å². The van der Waals surface area contributed by atoms with E-state index in [0.29, 0.717) is 24.5 Å². The number of carbonyl (C=O) groups is 2. The van der Waals surface area contributed by atoms with Gasteiger partial charge in [0.15, 0.2) is 0 Å². The predicted octanol–water partition coefficient (Wildman–Crippen LogP) is 2.21. The molecular weight excluding hydrogens is 308 g/mol. The third-order valence-electron chi connectivity index (χ3n) is 3.38. The molecule has 1 saturated heterocycles. The molecule has 1 fully saturated rings. The van der Waals surface area contributed by atoms with Gasteiger partial charge in [0.05, 0.1) is 21.1 Å². The number of thioether (sulfide) groups is 1. The molecule has 1 aromatic heterocycles. The number of rotatable bonds is 4. The molecule has 0 unspecified atom stereocenters. The second kappa shape index (κ2) is 6.03. The molecule has 0 spiro atoms. The zero-order chi connectivity index (χ0) is 14.8. The van der Waals surface area contributed by atoms with Gasteiger partial charge in [0.2, 0.25) is 5.91 Å². The average Bonchev–Trinajstić information content (AvgIpc) is 3.10. The number of amides is 1. The van der Waals surface area contributed by atoms with Crippen molar-refractivity contribution in [1.29, 1.82) is 0 Å². The van der Waals surface area contributed by atoms with Gasteiger partial charge in [-0.2, -0.15) is 0 Å². The summed E-state index contributed by atoms with van der Waals surface area (Å²) in [5.41, 5.74) is 0.949. The van der Waals surface area contributed by atoms with Gasteiger partial charge in [0.25, 0.3) is 0 Å². The SMILES string of the molecule is O=C(O)[C@@H]1CSCN1C(=O)CCc1nc2ccccc2s1. The first-order valence-corrected chi connectivity index (χ1v) is 8.57. The zero-order valence-electron chi connectivity index (χ0n) is 11.2. The second-order valence-corrected chi connectivity index (χ2v) is 6.91. The molecule has 0 saturated carbocycles. The number of carbonyl (C=O) groups excluding carboxylic acids is 1. The standard InChI is InChI=1S/C14H14N2O3S2/c17-13(16-8-20-7-10(16)14(18)19)6-5-12-15-9-3-1-2-4-11(9)21-12/h1-4,10H,5-8H2,(H,18,19)/t10-/m0/s1. The second-order valence-electron chi connectivity index (χ2n) is 4.79. The van der Waals surface area contributed by atoms with Gasteiger partial charge in [-0.1, -0.05) is 12.1 Å². The van der Waals surface area contributed by atoms with Crippen LogP contribution in [-0.2, 0) is 16.0 Å². The van der Waals surface area contributed by atoms with E-state index in [2.05, 4.69) is 4.98 Å². The lowest BCUT2D eigenvalue weighted by atomic mass is 10.2. The number of thiazole rings is 1. The number of aliphatic carboxylic acids is 1. The van der Waals surface area contributed by atoms with Gasteiger partial charge in [0, 0.05) is 18.6 Å². The Kier molecular flexibility index (Phi) is 4.12. The van der Waals surface area contributed by atoms with Crippen LogP contribution >= 0.6 is 23.1 Å². The lowest BCUT2D eigenvalue weighted by molar-refractivity contribution is -0.147. The zero-order valence-corrected chi connectivity index (χ0v) is 12.8.